The van der Waals surface area contributed by atoms with E-state index in [0.29, 0.717) is 23.2 Å². The van der Waals surface area contributed by atoms with E-state index in [9.17, 15) is 14.4 Å². The smallest absolute Gasteiger partial charge is 0.321 e. The molecule has 182 valence electrons. The highest BCUT2D eigenvalue weighted by molar-refractivity contribution is 7.99. The van der Waals surface area contributed by atoms with E-state index in [2.05, 4.69) is 26.1 Å². The molecule has 2 heterocycles. The average Bonchev–Trinajstić information content (AvgIpc) is 3.18. The zero-order valence-electron chi connectivity index (χ0n) is 19.6. The molecule has 0 spiro atoms. The highest BCUT2D eigenvalue weighted by Crippen LogP contribution is 2.26. The summed E-state index contributed by atoms with van der Waals surface area (Å²) in [6, 6.07) is 12.3. The molecule has 1 atom stereocenters. The summed E-state index contributed by atoms with van der Waals surface area (Å²) in [6.45, 7) is 3.96. The number of methoxy groups -OCH3 is 1. The minimum atomic E-state index is -0.531. The number of amides is 4. The number of urea groups is 1. The molecule has 11 heteroatoms. The van der Waals surface area contributed by atoms with Crippen molar-refractivity contribution in [3.05, 3.63) is 59.4 Å². The summed E-state index contributed by atoms with van der Waals surface area (Å²) in [7, 11) is 1.58. The van der Waals surface area contributed by atoms with Gasteiger partial charge in [0, 0.05) is 30.6 Å². The number of benzene rings is 2. The Balaban J connectivity index is 1.55. The van der Waals surface area contributed by atoms with Crippen LogP contribution >= 0.6 is 11.8 Å². The predicted octanol–water partition coefficient (Wildman–Crippen LogP) is 2.76. The summed E-state index contributed by atoms with van der Waals surface area (Å²) in [5, 5.41) is 17.0. The quantitative estimate of drug-likeness (QED) is 0.411. The summed E-state index contributed by atoms with van der Waals surface area (Å²) >= 11 is 1.24. The first kappa shape index (κ1) is 24.3. The van der Waals surface area contributed by atoms with E-state index in [1.54, 1.807) is 7.11 Å². The molecule has 1 saturated heterocycles. The molecule has 10 nitrogen and oxygen atoms in total. The number of thioether (sulfide) groups is 1. The Morgan fingerprint density at radius 2 is 1.94 bits per heavy atom. The Kier molecular flexibility index (Phi) is 7.35. The maximum absolute atomic E-state index is 12.7. The molecule has 35 heavy (non-hydrogen) atoms. The minimum Gasteiger partial charge on any atom is -0.497 e. The lowest BCUT2D eigenvalue weighted by atomic mass is 10.1. The molecule has 1 fully saturated rings. The third kappa shape index (κ3) is 6.18. The number of hydrogen-bond acceptors (Lipinski definition) is 7. The first-order chi connectivity index (χ1) is 16.8. The van der Waals surface area contributed by atoms with Crippen LogP contribution in [0.4, 0.5) is 10.5 Å². The van der Waals surface area contributed by atoms with Crippen LogP contribution in [0.3, 0.4) is 0 Å². The van der Waals surface area contributed by atoms with E-state index < -0.39 is 12.1 Å². The summed E-state index contributed by atoms with van der Waals surface area (Å²) in [4.78, 5) is 36.2. The molecule has 1 aliphatic heterocycles. The molecule has 3 N–H and O–H groups in total. The Morgan fingerprint density at radius 3 is 2.66 bits per heavy atom. The van der Waals surface area contributed by atoms with Crippen molar-refractivity contribution in [2.75, 3.05) is 18.2 Å². The molecule has 0 radical (unpaired) electrons. The lowest BCUT2D eigenvalue weighted by Gasteiger charge is -2.23. The maximum Gasteiger partial charge on any atom is 0.321 e. The van der Waals surface area contributed by atoms with Gasteiger partial charge in [0.1, 0.15) is 11.6 Å². The van der Waals surface area contributed by atoms with Gasteiger partial charge in [0.2, 0.25) is 11.8 Å². The van der Waals surface area contributed by atoms with Crippen LogP contribution in [0.2, 0.25) is 0 Å². The van der Waals surface area contributed by atoms with Crippen LogP contribution in [0, 0.1) is 13.8 Å². The molecule has 0 saturated carbocycles. The van der Waals surface area contributed by atoms with Gasteiger partial charge in [0.05, 0.1) is 18.6 Å². The number of anilines is 1. The van der Waals surface area contributed by atoms with Crippen molar-refractivity contribution in [2.45, 2.75) is 37.9 Å². The topological polar surface area (TPSA) is 127 Å². The molecule has 1 aliphatic rings. The number of ether oxygens (including phenoxy) is 1. The predicted molar refractivity (Wildman–Crippen MR) is 132 cm³/mol. The Bertz CT molecular complexity index is 1240. The highest BCUT2D eigenvalue weighted by atomic mass is 32.2. The maximum atomic E-state index is 12.7. The third-order valence-corrected chi connectivity index (χ3v) is 6.23. The Morgan fingerprint density at radius 1 is 1.17 bits per heavy atom. The largest absolute Gasteiger partial charge is 0.497 e. The molecular formula is C24H26N6O4S. The van der Waals surface area contributed by atoms with E-state index in [-0.39, 0.29) is 24.0 Å². The minimum absolute atomic E-state index is 0.123. The van der Waals surface area contributed by atoms with Crippen LogP contribution in [0.5, 0.6) is 5.75 Å². The summed E-state index contributed by atoms with van der Waals surface area (Å²) in [6.07, 6.45) is 0.427. The van der Waals surface area contributed by atoms with Crippen LogP contribution in [-0.4, -0.2) is 51.5 Å². The highest BCUT2D eigenvalue weighted by Gasteiger charge is 2.27. The third-order valence-electron chi connectivity index (χ3n) is 5.30. The molecule has 1 unspecified atom stereocenters. The zero-order chi connectivity index (χ0) is 24.9. The van der Waals surface area contributed by atoms with Crippen molar-refractivity contribution in [2.24, 2.45) is 0 Å². The number of carbonyl (C=O) groups excluding carboxylic acids is 3. The van der Waals surface area contributed by atoms with Crippen molar-refractivity contribution in [3.8, 4) is 11.4 Å². The average molecular weight is 495 g/mol. The zero-order valence-corrected chi connectivity index (χ0v) is 20.4. The van der Waals surface area contributed by atoms with Crippen molar-refractivity contribution >= 4 is 35.3 Å². The molecule has 3 aromatic rings. The SMILES string of the molecule is COc1cccc(-n2c(CC3CC(=O)NC(=O)N3)nnc2SCC(=O)Nc2cc(C)cc(C)c2)c1. The van der Waals surface area contributed by atoms with Gasteiger partial charge in [-0.05, 0) is 49.2 Å². The first-order valence-electron chi connectivity index (χ1n) is 11.0. The Labute approximate surface area is 206 Å². The molecule has 2 aromatic carbocycles. The van der Waals surface area contributed by atoms with Crippen LogP contribution in [0.25, 0.3) is 5.69 Å². The monoisotopic (exact) mass is 494 g/mol. The second-order valence-corrected chi connectivity index (χ2v) is 9.22. The molecule has 4 amide bonds. The van der Waals surface area contributed by atoms with Gasteiger partial charge in [-0.15, -0.1) is 10.2 Å². The van der Waals surface area contributed by atoms with Gasteiger partial charge in [-0.2, -0.15) is 0 Å². The van der Waals surface area contributed by atoms with Gasteiger partial charge < -0.3 is 15.4 Å². The van der Waals surface area contributed by atoms with Crippen LogP contribution in [0.15, 0.2) is 47.6 Å². The van der Waals surface area contributed by atoms with Crippen LogP contribution in [0.1, 0.15) is 23.4 Å². The Hall–Kier alpha value is -3.86. The van der Waals surface area contributed by atoms with Crippen LogP contribution < -0.4 is 20.7 Å². The summed E-state index contributed by atoms with van der Waals surface area (Å²) in [5.74, 6) is 0.811. The molecule has 4 rings (SSSR count). The lowest BCUT2D eigenvalue weighted by molar-refractivity contribution is -0.121. The summed E-state index contributed by atoms with van der Waals surface area (Å²) in [5.41, 5.74) is 3.63. The number of imide groups is 1. The van der Waals surface area contributed by atoms with Gasteiger partial charge in [0.25, 0.3) is 0 Å². The first-order valence-corrected chi connectivity index (χ1v) is 12.0. The summed E-state index contributed by atoms with van der Waals surface area (Å²) < 4.78 is 7.18. The standard InChI is InChI=1S/C24H26N6O4S/c1-14-7-15(2)9-16(8-14)25-22(32)13-35-24-29-28-20(10-17-11-21(31)27-23(33)26-17)30(24)18-5-4-6-19(12-18)34-3/h4-9,12,17H,10-11,13H2,1-3H3,(H,25,32)(H2,26,27,31,33). The fraction of sp³-hybridized carbons (Fsp3) is 0.292. The number of aryl methyl sites for hydroxylation is 2. The lowest BCUT2D eigenvalue weighted by Crippen LogP contribution is -2.53. The van der Waals surface area contributed by atoms with Crippen molar-refractivity contribution < 1.29 is 19.1 Å². The second kappa shape index (κ2) is 10.6. The normalized spacial score (nSPS) is 15.3. The van der Waals surface area contributed by atoms with Gasteiger partial charge in [-0.3, -0.25) is 19.5 Å². The van der Waals surface area contributed by atoms with Crippen molar-refractivity contribution in [1.82, 2.24) is 25.4 Å². The van der Waals surface area contributed by atoms with E-state index in [1.165, 1.54) is 11.8 Å². The van der Waals surface area contributed by atoms with E-state index >= 15 is 0 Å². The number of nitrogens with zero attached hydrogens (tertiary/aromatic N) is 3. The van der Waals surface area contributed by atoms with Gasteiger partial charge in [-0.1, -0.05) is 23.9 Å². The van der Waals surface area contributed by atoms with Crippen molar-refractivity contribution in [1.29, 1.82) is 0 Å². The van der Waals surface area contributed by atoms with E-state index in [0.717, 1.165) is 22.5 Å². The second-order valence-electron chi connectivity index (χ2n) is 8.28. The fourth-order valence-electron chi connectivity index (χ4n) is 3.93. The molecular weight excluding hydrogens is 468 g/mol. The molecule has 1 aromatic heterocycles. The number of aromatic nitrogens is 3. The number of rotatable bonds is 8. The number of carbonyl (C=O) groups is 3. The van der Waals surface area contributed by atoms with Crippen LogP contribution in [-0.2, 0) is 16.0 Å². The molecule has 0 bridgehead atoms. The van der Waals surface area contributed by atoms with Gasteiger partial charge in [-0.25, -0.2) is 4.79 Å². The molecule has 0 aliphatic carbocycles. The van der Waals surface area contributed by atoms with Crippen molar-refractivity contribution in [3.63, 3.8) is 0 Å². The van der Waals surface area contributed by atoms with E-state index in [1.807, 2.05) is 60.9 Å². The fourth-order valence-corrected chi connectivity index (χ4v) is 4.70. The van der Waals surface area contributed by atoms with E-state index in [4.69, 9.17) is 4.74 Å². The number of nitrogens with one attached hydrogen (secondary N) is 3. The van der Waals surface area contributed by atoms with Gasteiger partial charge in [0.15, 0.2) is 5.16 Å². The van der Waals surface area contributed by atoms with Gasteiger partial charge >= 0.3 is 6.03 Å². The number of hydrogen-bond donors (Lipinski definition) is 3.